The van der Waals surface area contributed by atoms with Gasteiger partial charge in [0.05, 0.1) is 0 Å². The maximum Gasteiger partial charge on any atom is 0.123 e. The Bertz CT molecular complexity index is 297. The summed E-state index contributed by atoms with van der Waals surface area (Å²) in [5, 5.41) is 3.46. The Hall–Kier alpha value is -0.600. The molecule has 3 heteroatoms. The molecule has 0 aliphatic carbocycles. The highest BCUT2D eigenvalue weighted by Gasteiger charge is 2.12. The summed E-state index contributed by atoms with van der Waals surface area (Å²) in [5.41, 5.74) is 1.10. The fourth-order valence-corrected chi connectivity index (χ4v) is 2.05. The van der Waals surface area contributed by atoms with Crippen LogP contribution in [0.4, 0.5) is 4.39 Å². The predicted octanol–water partition coefficient (Wildman–Crippen LogP) is 2.93. The monoisotopic (exact) mass is 229 g/mol. The summed E-state index contributed by atoms with van der Waals surface area (Å²) in [6.45, 7) is 1.11. The Morgan fingerprint density at radius 1 is 1.33 bits per heavy atom. The summed E-state index contributed by atoms with van der Waals surface area (Å²) in [6.07, 6.45) is 4.75. The molecule has 1 atom stereocenters. The molecule has 1 N–H and O–H groups in total. The number of benzene rings is 1. The second-order valence-corrected chi connectivity index (χ2v) is 3.98. The lowest BCUT2D eigenvalue weighted by molar-refractivity contribution is 0.399. The van der Waals surface area contributed by atoms with Crippen molar-refractivity contribution in [2.75, 3.05) is 6.54 Å². The number of piperidine rings is 1. The first-order valence-corrected chi connectivity index (χ1v) is 5.32. The van der Waals surface area contributed by atoms with Crippen LogP contribution in [0.2, 0.25) is 0 Å². The van der Waals surface area contributed by atoms with Crippen molar-refractivity contribution in [1.29, 1.82) is 0 Å². The van der Waals surface area contributed by atoms with E-state index in [2.05, 4.69) is 5.32 Å². The van der Waals surface area contributed by atoms with E-state index < -0.39 is 0 Å². The molecule has 0 bridgehead atoms. The second-order valence-electron chi connectivity index (χ2n) is 3.98. The molecule has 0 unspecified atom stereocenters. The van der Waals surface area contributed by atoms with Gasteiger partial charge in [0.25, 0.3) is 0 Å². The van der Waals surface area contributed by atoms with Crippen LogP contribution in [-0.4, -0.2) is 12.6 Å². The van der Waals surface area contributed by atoms with Crippen LogP contribution in [0.3, 0.4) is 0 Å². The minimum atomic E-state index is -0.127. The molecule has 1 nitrogen and oxygen atoms in total. The summed E-state index contributed by atoms with van der Waals surface area (Å²) in [5.74, 6) is -0.127. The molecule has 1 aliphatic heterocycles. The molecule has 0 aromatic heterocycles. The van der Waals surface area contributed by atoms with Gasteiger partial charge in [-0.15, -0.1) is 12.4 Å². The Labute approximate surface area is 96.5 Å². The fraction of sp³-hybridized carbons (Fsp3) is 0.500. The van der Waals surface area contributed by atoms with Gasteiger partial charge in [0.1, 0.15) is 5.82 Å². The molecule has 15 heavy (non-hydrogen) atoms. The predicted molar refractivity (Wildman–Crippen MR) is 63.0 cm³/mol. The number of rotatable bonds is 2. The normalized spacial score (nSPS) is 20.7. The largest absolute Gasteiger partial charge is 0.314 e. The Morgan fingerprint density at radius 3 is 2.87 bits per heavy atom. The Kier molecular flexibility index (Phi) is 5.06. The van der Waals surface area contributed by atoms with E-state index in [4.69, 9.17) is 0 Å². The van der Waals surface area contributed by atoms with Crippen molar-refractivity contribution < 1.29 is 4.39 Å². The van der Waals surface area contributed by atoms with Crippen molar-refractivity contribution >= 4 is 12.4 Å². The van der Waals surface area contributed by atoms with E-state index in [1.807, 2.05) is 6.07 Å². The third-order valence-corrected chi connectivity index (χ3v) is 2.78. The zero-order valence-electron chi connectivity index (χ0n) is 8.71. The average Bonchev–Trinajstić information content (AvgIpc) is 2.19. The molecule has 0 spiro atoms. The van der Waals surface area contributed by atoms with Gasteiger partial charge in [0.15, 0.2) is 0 Å². The van der Waals surface area contributed by atoms with E-state index >= 15 is 0 Å². The summed E-state index contributed by atoms with van der Waals surface area (Å²) in [4.78, 5) is 0. The molecule has 1 aromatic carbocycles. The number of hydrogen-bond acceptors (Lipinski definition) is 1. The van der Waals surface area contributed by atoms with Crippen LogP contribution in [0.5, 0.6) is 0 Å². The molecule has 0 amide bonds. The van der Waals surface area contributed by atoms with Crippen molar-refractivity contribution in [1.82, 2.24) is 5.32 Å². The second kappa shape index (κ2) is 6.09. The molecular formula is C12H17ClFN. The SMILES string of the molecule is Cl.Fc1cccc(C[C@H]2CCCCN2)c1. The van der Waals surface area contributed by atoms with Crippen LogP contribution in [0, 0.1) is 5.82 Å². The quantitative estimate of drug-likeness (QED) is 0.822. The zero-order valence-corrected chi connectivity index (χ0v) is 9.52. The van der Waals surface area contributed by atoms with Crippen LogP contribution in [0.15, 0.2) is 24.3 Å². The van der Waals surface area contributed by atoms with Gasteiger partial charge in [-0.3, -0.25) is 0 Å². The molecule has 2 rings (SSSR count). The van der Waals surface area contributed by atoms with E-state index in [0.29, 0.717) is 6.04 Å². The molecule has 1 aliphatic rings. The van der Waals surface area contributed by atoms with Gasteiger partial charge in [-0.2, -0.15) is 0 Å². The van der Waals surface area contributed by atoms with Gasteiger partial charge in [0, 0.05) is 6.04 Å². The van der Waals surface area contributed by atoms with Crippen molar-refractivity contribution in [2.45, 2.75) is 31.7 Å². The van der Waals surface area contributed by atoms with E-state index in [1.165, 1.54) is 25.3 Å². The molecule has 0 radical (unpaired) electrons. The van der Waals surface area contributed by atoms with Crippen LogP contribution in [0.1, 0.15) is 24.8 Å². The number of halogens is 2. The number of nitrogens with one attached hydrogen (secondary N) is 1. The molecule has 1 aromatic rings. The van der Waals surface area contributed by atoms with E-state index in [1.54, 1.807) is 12.1 Å². The van der Waals surface area contributed by atoms with Gasteiger partial charge in [-0.25, -0.2) is 4.39 Å². The first-order valence-electron chi connectivity index (χ1n) is 5.32. The van der Waals surface area contributed by atoms with E-state index in [-0.39, 0.29) is 18.2 Å². The van der Waals surface area contributed by atoms with Crippen molar-refractivity contribution in [3.63, 3.8) is 0 Å². The minimum absolute atomic E-state index is 0. The van der Waals surface area contributed by atoms with Gasteiger partial charge in [-0.1, -0.05) is 18.6 Å². The standard InChI is InChI=1S/C12H16FN.ClH/c13-11-5-3-4-10(8-11)9-12-6-1-2-7-14-12;/h3-5,8,12,14H,1-2,6-7,9H2;1H/t12-;/m1./s1. The van der Waals surface area contributed by atoms with Crippen LogP contribution < -0.4 is 5.32 Å². The molecule has 0 saturated carbocycles. The number of hydrogen-bond donors (Lipinski definition) is 1. The fourth-order valence-electron chi connectivity index (χ4n) is 2.05. The van der Waals surface area contributed by atoms with Crippen LogP contribution in [0.25, 0.3) is 0 Å². The Morgan fingerprint density at radius 2 is 2.20 bits per heavy atom. The minimum Gasteiger partial charge on any atom is -0.314 e. The van der Waals surface area contributed by atoms with Crippen LogP contribution >= 0.6 is 12.4 Å². The summed E-state index contributed by atoms with van der Waals surface area (Å²) in [7, 11) is 0. The molecule has 1 heterocycles. The third kappa shape index (κ3) is 3.80. The van der Waals surface area contributed by atoms with E-state index in [9.17, 15) is 4.39 Å². The average molecular weight is 230 g/mol. The third-order valence-electron chi connectivity index (χ3n) is 2.78. The summed E-state index contributed by atoms with van der Waals surface area (Å²) >= 11 is 0. The maximum absolute atomic E-state index is 12.9. The lowest BCUT2D eigenvalue weighted by Crippen LogP contribution is -2.35. The molecule has 1 fully saturated rings. The smallest absolute Gasteiger partial charge is 0.123 e. The summed E-state index contributed by atoms with van der Waals surface area (Å²) < 4.78 is 12.9. The topological polar surface area (TPSA) is 12.0 Å². The van der Waals surface area contributed by atoms with Gasteiger partial charge >= 0.3 is 0 Å². The van der Waals surface area contributed by atoms with Crippen molar-refractivity contribution in [3.8, 4) is 0 Å². The molecule has 84 valence electrons. The Balaban J connectivity index is 0.00000112. The van der Waals surface area contributed by atoms with Gasteiger partial charge < -0.3 is 5.32 Å². The molecular weight excluding hydrogens is 213 g/mol. The molecule has 1 saturated heterocycles. The first-order chi connectivity index (χ1) is 6.84. The van der Waals surface area contributed by atoms with Crippen molar-refractivity contribution in [2.24, 2.45) is 0 Å². The first kappa shape index (κ1) is 12.5. The van der Waals surface area contributed by atoms with E-state index in [0.717, 1.165) is 18.5 Å². The highest BCUT2D eigenvalue weighted by Crippen LogP contribution is 2.13. The zero-order chi connectivity index (χ0) is 9.80. The lowest BCUT2D eigenvalue weighted by atomic mass is 9.98. The maximum atomic E-state index is 12.9. The van der Waals surface area contributed by atoms with Gasteiger partial charge in [-0.05, 0) is 43.5 Å². The summed E-state index contributed by atoms with van der Waals surface area (Å²) in [6, 6.07) is 7.46. The van der Waals surface area contributed by atoms with Gasteiger partial charge in [0.2, 0.25) is 0 Å². The highest BCUT2D eigenvalue weighted by atomic mass is 35.5. The van der Waals surface area contributed by atoms with Crippen LogP contribution in [-0.2, 0) is 6.42 Å². The highest BCUT2D eigenvalue weighted by molar-refractivity contribution is 5.85. The lowest BCUT2D eigenvalue weighted by Gasteiger charge is -2.23. The van der Waals surface area contributed by atoms with Crippen molar-refractivity contribution in [3.05, 3.63) is 35.6 Å².